The fraction of sp³-hybridized carbons (Fsp3) is 0.364. The van der Waals surface area contributed by atoms with E-state index in [9.17, 15) is 19.7 Å². The molecule has 178 valence electrons. The van der Waals surface area contributed by atoms with Gasteiger partial charge in [-0.15, -0.1) is 0 Å². The van der Waals surface area contributed by atoms with Crippen LogP contribution in [-0.4, -0.2) is 54.5 Å². The third kappa shape index (κ3) is 7.33. The molecule has 0 radical (unpaired) electrons. The Morgan fingerprint density at radius 1 is 1.09 bits per heavy atom. The van der Waals surface area contributed by atoms with Crippen LogP contribution in [0.4, 0.5) is 17.1 Å². The first-order chi connectivity index (χ1) is 15.7. The molecule has 2 rings (SSSR count). The van der Waals surface area contributed by atoms with Gasteiger partial charge in [-0.05, 0) is 46.0 Å². The van der Waals surface area contributed by atoms with Crippen molar-refractivity contribution < 1.29 is 24.0 Å². The molecule has 0 saturated carbocycles. The van der Waals surface area contributed by atoms with Gasteiger partial charge in [-0.3, -0.25) is 24.6 Å². The summed E-state index contributed by atoms with van der Waals surface area (Å²) < 4.78 is 11.1. The molecule has 0 bridgehead atoms. The summed E-state index contributed by atoms with van der Waals surface area (Å²) in [5.74, 6) is 0.302. The van der Waals surface area contributed by atoms with E-state index in [0.717, 1.165) is 0 Å². The molecule has 0 aliphatic rings. The number of nitrogens with zero attached hydrogens (tertiary/aromatic N) is 2. The van der Waals surface area contributed by atoms with E-state index in [1.807, 2.05) is 13.8 Å². The predicted molar refractivity (Wildman–Crippen MR) is 126 cm³/mol. The summed E-state index contributed by atoms with van der Waals surface area (Å²) in [6.07, 6.45) is 0. The van der Waals surface area contributed by atoms with E-state index < -0.39 is 16.9 Å². The molecule has 0 aliphatic carbocycles. The van der Waals surface area contributed by atoms with Crippen LogP contribution in [-0.2, 0) is 9.59 Å². The Balaban J connectivity index is 2.00. The predicted octanol–water partition coefficient (Wildman–Crippen LogP) is 3.94. The maximum absolute atomic E-state index is 12.6. The average molecular weight is 479 g/mol. The summed E-state index contributed by atoms with van der Waals surface area (Å²) in [5.41, 5.74) is 0.455. The first-order valence-corrected chi connectivity index (χ1v) is 10.7. The highest BCUT2D eigenvalue weighted by Crippen LogP contribution is 2.31. The highest BCUT2D eigenvalue weighted by Gasteiger charge is 2.22. The zero-order chi connectivity index (χ0) is 24.5. The van der Waals surface area contributed by atoms with Crippen molar-refractivity contribution in [1.82, 2.24) is 4.90 Å². The van der Waals surface area contributed by atoms with Crippen LogP contribution >= 0.6 is 11.6 Å². The summed E-state index contributed by atoms with van der Waals surface area (Å²) in [6.45, 7) is 6.18. The molecule has 2 aromatic carbocycles. The SMILES string of the molecule is CCOc1ccc(NC(=O)CN(C)C(C)C(=O)Nc2cc([N+](=O)[O-])ccc2Cl)cc1OCC. The van der Waals surface area contributed by atoms with Crippen LogP contribution in [0.25, 0.3) is 0 Å². The smallest absolute Gasteiger partial charge is 0.271 e. The quantitative estimate of drug-likeness (QED) is 0.370. The highest BCUT2D eigenvalue weighted by atomic mass is 35.5. The fourth-order valence-corrected chi connectivity index (χ4v) is 3.02. The molecular formula is C22H27ClN4O6. The number of carbonyl (C=O) groups is 2. The number of likely N-dealkylation sites (N-methyl/N-ethyl adjacent to an activating group) is 1. The number of halogens is 1. The number of nitro groups is 1. The fourth-order valence-electron chi connectivity index (χ4n) is 2.85. The minimum Gasteiger partial charge on any atom is -0.490 e. The highest BCUT2D eigenvalue weighted by molar-refractivity contribution is 6.33. The lowest BCUT2D eigenvalue weighted by atomic mass is 10.2. The van der Waals surface area contributed by atoms with Gasteiger partial charge in [-0.25, -0.2) is 0 Å². The molecule has 33 heavy (non-hydrogen) atoms. The van der Waals surface area contributed by atoms with Gasteiger partial charge in [0.1, 0.15) is 0 Å². The van der Waals surface area contributed by atoms with E-state index >= 15 is 0 Å². The molecule has 0 saturated heterocycles. The monoisotopic (exact) mass is 478 g/mol. The van der Waals surface area contributed by atoms with Crippen LogP contribution in [0.2, 0.25) is 5.02 Å². The van der Waals surface area contributed by atoms with Gasteiger partial charge < -0.3 is 20.1 Å². The van der Waals surface area contributed by atoms with Gasteiger partial charge >= 0.3 is 0 Å². The van der Waals surface area contributed by atoms with Crippen molar-refractivity contribution in [3.63, 3.8) is 0 Å². The number of rotatable bonds is 11. The number of nitrogens with one attached hydrogen (secondary N) is 2. The topological polar surface area (TPSA) is 123 Å². The van der Waals surface area contributed by atoms with Gasteiger partial charge in [-0.2, -0.15) is 0 Å². The van der Waals surface area contributed by atoms with Gasteiger partial charge in [-0.1, -0.05) is 11.6 Å². The van der Waals surface area contributed by atoms with E-state index in [2.05, 4.69) is 10.6 Å². The molecule has 1 unspecified atom stereocenters. The Morgan fingerprint density at radius 3 is 2.39 bits per heavy atom. The summed E-state index contributed by atoms with van der Waals surface area (Å²) in [5, 5.41) is 16.5. The molecule has 2 amide bonds. The Hall–Kier alpha value is -3.37. The van der Waals surface area contributed by atoms with Crippen LogP contribution in [0.15, 0.2) is 36.4 Å². The Kier molecular flexibility index (Phi) is 9.43. The number of hydrogen-bond acceptors (Lipinski definition) is 7. The van der Waals surface area contributed by atoms with E-state index in [4.69, 9.17) is 21.1 Å². The van der Waals surface area contributed by atoms with Crippen molar-refractivity contribution in [2.45, 2.75) is 26.8 Å². The van der Waals surface area contributed by atoms with Gasteiger partial charge in [0, 0.05) is 23.9 Å². The third-order valence-corrected chi connectivity index (χ3v) is 5.01. The van der Waals surface area contributed by atoms with Crippen LogP contribution in [0, 0.1) is 10.1 Å². The molecule has 10 nitrogen and oxygen atoms in total. The summed E-state index contributed by atoms with van der Waals surface area (Å²) in [7, 11) is 1.61. The zero-order valence-electron chi connectivity index (χ0n) is 18.9. The van der Waals surface area contributed by atoms with E-state index in [0.29, 0.717) is 30.4 Å². The number of hydrogen-bond donors (Lipinski definition) is 2. The Morgan fingerprint density at radius 2 is 1.76 bits per heavy atom. The molecule has 11 heteroatoms. The number of anilines is 2. The zero-order valence-corrected chi connectivity index (χ0v) is 19.6. The lowest BCUT2D eigenvalue weighted by Crippen LogP contribution is -2.43. The van der Waals surface area contributed by atoms with Crippen LogP contribution in [0.5, 0.6) is 11.5 Å². The molecule has 0 heterocycles. The van der Waals surface area contributed by atoms with E-state index in [1.54, 1.807) is 32.2 Å². The Bertz CT molecular complexity index is 1020. The number of nitro benzene ring substituents is 1. The van der Waals surface area contributed by atoms with Crippen LogP contribution in [0.1, 0.15) is 20.8 Å². The van der Waals surface area contributed by atoms with Gasteiger partial charge in [0.2, 0.25) is 11.8 Å². The summed E-state index contributed by atoms with van der Waals surface area (Å²) in [6, 6.07) is 8.14. The van der Waals surface area contributed by atoms with Crippen molar-refractivity contribution in [2.24, 2.45) is 0 Å². The van der Waals surface area contributed by atoms with Crippen molar-refractivity contribution >= 4 is 40.5 Å². The molecule has 0 aliphatic heterocycles. The summed E-state index contributed by atoms with van der Waals surface area (Å²) in [4.78, 5) is 37.0. The summed E-state index contributed by atoms with van der Waals surface area (Å²) >= 11 is 6.04. The maximum Gasteiger partial charge on any atom is 0.271 e. The van der Waals surface area contributed by atoms with E-state index in [1.165, 1.54) is 23.1 Å². The molecule has 2 N–H and O–H groups in total. The number of benzene rings is 2. The standard InChI is InChI=1S/C22H27ClN4O6/c1-5-32-19-10-7-15(11-20(19)33-6-2)24-21(28)13-26(4)14(3)22(29)25-18-12-16(27(30)31)8-9-17(18)23/h7-12,14H,5-6,13H2,1-4H3,(H,24,28)(H,25,29). The first kappa shape index (κ1) is 25.9. The Labute approximate surface area is 197 Å². The largest absolute Gasteiger partial charge is 0.490 e. The lowest BCUT2D eigenvalue weighted by Gasteiger charge is -2.23. The molecule has 0 aromatic heterocycles. The van der Waals surface area contributed by atoms with Crippen molar-refractivity contribution in [3.05, 3.63) is 51.5 Å². The van der Waals surface area contributed by atoms with Gasteiger partial charge in [0.05, 0.1) is 41.4 Å². The second kappa shape index (κ2) is 12.0. The maximum atomic E-state index is 12.6. The minimum atomic E-state index is -0.717. The van der Waals surface area contributed by atoms with E-state index in [-0.39, 0.29) is 28.8 Å². The number of ether oxygens (including phenoxy) is 2. The van der Waals surface area contributed by atoms with Crippen molar-refractivity contribution in [1.29, 1.82) is 0 Å². The number of amides is 2. The third-order valence-electron chi connectivity index (χ3n) is 4.68. The molecule has 0 spiro atoms. The van der Waals surface area contributed by atoms with Gasteiger partial charge in [0.15, 0.2) is 11.5 Å². The normalized spacial score (nSPS) is 11.6. The second-order valence-electron chi connectivity index (χ2n) is 7.08. The molecule has 0 fully saturated rings. The van der Waals surface area contributed by atoms with Crippen molar-refractivity contribution in [3.8, 4) is 11.5 Å². The minimum absolute atomic E-state index is 0.0750. The molecule has 1 atom stereocenters. The molecule has 2 aromatic rings. The number of carbonyl (C=O) groups excluding carboxylic acids is 2. The average Bonchev–Trinajstić information content (AvgIpc) is 2.76. The number of non-ortho nitro benzene ring substituents is 1. The van der Waals surface area contributed by atoms with Crippen LogP contribution < -0.4 is 20.1 Å². The molecular weight excluding hydrogens is 452 g/mol. The first-order valence-electron chi connectivity index (χ1n) is 10.3. The second-order valence-corrected chi connectivity index (χ2v) is 7.48. The lowest BCUT2D eigenvalue weighted by molar-refractivity contribution is -0.384. The van der Waals surface area contributed by atoms with Crippen LogP contribution in [0.3, 0.4) is 0 Å². The van der Waals surface area contributed by atoms with Gasteiger partial charge in [0.25, 0.3) is 5.69 Å². The van der Waals surface area contributed by atoms with Crippen molar-refractivity contribution in [2.75, 3.05) is 37.4 Å².